The molecule has 0 radical (unpaired) electrons. The molecule has 0 saturated heterocycles. The summed E-state index contributed by atoms with van der Waals surface area (Å²) in [5.41, 5.74) is 1.04. The molecule has 1 aromatic rings. The summed E-state index contributed by atoms with van der Waals surface area (Å²) in [4.78, 5) is 23.2. The van der Waals surface area contributed by atoms with Gasteiger partial charge in [0.25, 0.3) is 0 Å². The maximum absolute atomic E-state index is 11.7. The van der Waals surface area contributed by atoms with Crippen molar-refractivity contribution in [1.82, 2.24) is 0 Å². The zero-order valence-electron chi connectivity index (χ0n) is 25.1. The Balaban J connectivity index is 0. The Morgan fingerprint density at radius 3 is 1.61 bits per heavy atom. The number of unbranched alkanes of at least 4 members (excludes halogenated alkanes) is 6. The highest BCUT2D eigenvalue weighted by atomic mass is 16.5. The molecule has 0 saturated carbocycles. The molecule has 2 unspecified atom stereocenters. The van der Waals surface area contributed by atoms with E-state index >= 15 is 0 Å². The van der Waals surface area contributed by atoms with Gasteiger partial charge in [0.15, 0.2) is 0 Å². The minimum absolute atomic E-state index is 0.00576. The molecule has 0 aliphatic heterocycles. The summed E-state index contributed by atoms with van der Waals surface area (Å²) in [5, 5.41) is 0. The van der Waals surface area contributed by atoms with Gasteiger partial charge in [0, 0.05) is 0 Å². The number of hydrogen-bond donors (Lipinski definition) is 0. The zero-order chi connectivity index (χ0) is 27.8. The number of benzene rings is 1. The Bertz CT molecular complexity index is 614. The molecule has 4 heteroatoms. The van der Waals surface area contributed by atoms with E-state index in [1.807, 2.05) is 78.8 Å². The highest BCUT2D eigenvalue weighted by Gasteiger charge is 2.17. The Morgan fingerprint density at radius 2 is 1.19 bits per heavy atom. The first-order chi connectivity index (χ1) is 17.3. The first-order valence-corrected chi connectivity index (χ1v) is 14.7. The van der Waals surface area contributed by atoms with Gasteiger partial charge in [-0.25, -0.2) is 0 Å². The van der Waals surface area contributed by atoms with Gasteiger partial charge in [0.1, 0.15) is 12.2 Å². The maximum atomic E-state index is 11.7. The van der Waals surface area contributed by atoms with Gasteiger partial charge in [-0.3, -0.25) is 9.59 Å². The van der Waals surface area contributed by atoms with Gasteiger partial charge in [0.05, 0.1) is 11.8 Å². The molecule has 0 fully saturated rings. The van der Waals surface area contributed by atoms with Crippen LogP contribution in [0.5, 0.6) is 0 Å². The van der Waals surface area contributed by atoms with Gasteiger partial charge in [-0.05, 0) is 44.6 Å². The third kappa shape index (κ3) is 19.4. The highest BCUT2D eigenvalue weighted by molar-refractivity contribution is 5.72. The van der Waals surface area contributed by atoms with E-state index in [0.29, 0.717) is 0 Å². The average Bonchev–Trinajstić information content (AvgIpc) is 2.90. The van der Waals surface area contributed by atoms with Crippen molar-refractivity contribution >= 4 is 11.9 Å². The van der Waals surface area contributed by atoms with Crippen LogP contribution >= 0.6 is 0 Å². The van der Waals surface area contributed by atoms with E-state index in [2.05, 4.69) is 13.8 Å². The minimum Gasteiger partial charge on any atom is -0.462 e. The first-order valence-electron chi connectivity index (χ1n) is 14.7. The summed E-state index contributed by atoms with van der Waals surface area (Å²) in [6, 6.07) is 9.78. The number of carbonyl (C=O) groups excluding carboxylic acids is 2. The summed E-state index contributed by atoms with van der Waals surface area (Å²) in [7, 11) is 0. The summed E-state index contributed by atoms with van der Waals surface area (Å²) in [6.07, 6.45) is 12.9. The molecular weight excluding hydrogens is 448 g/mol. The minimum atomic E-state index is -0.160. The Hall–Kier alpha value is -1.84. The Kier molecular flexibility index (Phi) is 25.1. The van der Waals surface area contributed by atoms with E-state index in [4.69, 9.17) is 9.47 Å². The van der Waals surface area contributed by atoms with Crippen LogP contribution < -0.4 is 0 Å². The molecular formula is C32H58O4. The Labute approximate surface area is 223 Å². The fourth-order valence-electron chi connectivity index (χ4n) is 3.41. The molecule has 1 rings (SSSR count). The molecule has 0 heterocycles. The predicted molar refractivity (Wildman–Crippen MR) is 154 cm³/mol. The molecule has 0 aliphatic carbocycles. The smallest absolute Gasteiger partial charge is 0.309 e. The van der Waals surface area contributed by atoms with Gasteiger partial charge in [-0.15, -0.1) is 0 Å². The second kappa shape index (κ2) is 24.8. The van der Waals surface area contributed by atoms with Gasteiger partial charge in [-0.2, -0.15) is 0 Å². The van der Waals surface area contributed by atoms with E-state index in [9.17, 15) is 9.59 Å². The van der Waals surface area contributed by atoms with Crippen LogP contribution in [0, 0.1) is 11.8 Å². The first kappa shape index (κ1) is 36.3. The van der Waals surface area contributed by atoms with Crippen LogP contribution in [-0.4, -0.2) is 18.0 Å². The summed E-state index contributed by atoms with van der Waals surface area (Å²) >= 11 is 0. The summed E-state index contributed by atoms with van der Waals surface area (Å²) in [6.45, 7) is 18.0. The topological polar surface area (TPSA) is 52.6 Å². The predicted octanol–water partition coefficient (Wildman–Crippen LogP) is 9.86. The number of ether oxygens (including phenoxy) is 2. The standard InChI is InChI=1S/C17H34O2.C13H18O2.C2H6/c1-5-7-9-11-13-16(14-12-10-8-6-2)19-17(18)15(3)4;1-4-10(2)13(14)15-11(3)12-8-6-5-7-9-12;1-2/h15-16H,5-14H2,1-4H3;5-11H,4H2,1-3H3;1-2H3. The lowest BCUT2D eigenvalue weighted by Gasteiger charge is -2.19. The van der Waals surface area contributed by atoms with Crippen molar-refractivity contribution in [3.63, 3.8) is 0 Å². The summed E-state index contributed by atoms with van der Waals surface area (Å²) < 4.78 is 11.0. The Morgan fingerprint density at radius 1 is 0.694 bits per heavy atom. The molecule has 36 heavy (non-hydrogen) atoms. The molecule has 0 amide bonds. The monoisotopic (exact) mass is 506 g/mol. The molecule has 0 aromatic heterocycles. The normalized spacial score (nSPS) is 12.1. The molecule has 0 aliphatic rings. The number of rotatable bonds is 16. The average molecular weight is 507 g/mol. The van der Waals surface area contributed by atoms with E-state index in [1.165, 1.54) is 51.4 Å². The molecule has 1 aromatic carbocycles. The SMILES string of the molecule is CC.CCC(C)C(=O)OC(C)c1ccccc1.CCCCCCC(CCCCCC)OC(=O)C(C)C. The lowest BCUT2D eigenvalue weighted by atomic mass is 10.0. The van der Waals surface area contributed by atoms with Crippen molar-refractivity contribution in [1.29, 1.82) is 0 Å². The second-order valence-corrected chi connectivity index (χ2v) is 9.71. The van der Waals surface area contributed by atoms with Crippen LogP contribution in [0.2, 0.25) is 0 Å². The van der Waals surface area contributed by atoms with Crippen molar-refractivity contribution in [2.45, 2.75) is 145 Å². The maximum Gasteiger partial charge on any atom is 0.309 e. The summed E-state index contributed by atoms with van der Waals surface area (Å²) in [5.74, 6) is -0.171. The third-order valence-corrected chi connectivity index (χ3v) is 6.09. The molecule has 0 spiro atoms. The van der Waals surface area contributed by atoms with Crippen LogP contribution in [-0.2, 0) is 19.1 Å². The lowest BCUT2D eigenvalue weighted by molar-refractivity contribution is -0.154. The molecule has 0 bridgehead atoms. The molecule has 4 nitrogen and oxygen atoms in total. The third-order valence-electron chi connectivity index (χ3n) is 6.09. The fourth-order valence-corrected chi connectivity index (χ4v) is 3.41. The van der Waals surface area contributed by atoms with Crippen molar-refractivity contribution in [3.8, 4) is 0 Å². The van der Waals surface area contributed by atoms with Crippen LogP contribution in [0.3, 0.4) is 0 Å². The molecule has 0 N–H and O–H groups in total. The van der Waals surface area contributed by atoms with E-state index in [1.54, 1.807) is 0 Å². The molecule has 2 atom stereocenters. The fraction of sp³-hybridized carbons (Fsp3) is 0.750. The number of carbonyl (C=O) groups is 2. The number of esters is 2. The molecule has 210 valence electrons. The lowest BCUT2D eigenvalue weighted by Crippen LogP contribution is -2.21. The van der Waals surface area contributed by atoms with Crippen LogP contribution in [0.1, 0.15) is 145 Å². The highest BCUT2D eigenvalue weighted by Crippen LogP contribution is 2.19. The largest absolute Gasteiger partial charge is 0.462 e. The van der Waals surface area contributed by atoms with Gasteiger partial charge in [-0.1, -0.05) is 124 Å². The van der Waals surface area contributed by atoms with Crippen molar-refractivity contribution in [2.24, 2.45) is 11.8 Å². The van der Waals surface area contributed by atoms with E-state index in [0.717, 1.165) is 24.8 Å². The van der Waals surface area contributed by atoms with E-state index in [-0.39, 0.29) is 36.0 Å². The van der Waals surface area contributed by atoms with Gasteiger partial charge < -0.3 is 9.47 Å². The van der Waals surface area contributed by atoms with Gasteiger partial charge in [0.2, 0.25) is 0 Å². The second-order valence-electron chi connectivity index (χ2n) is 9.71. The van der Waals surface area contributed by atoms with Crippen LogP contribution in [0.25, 0.3) is 0 Å². The van der Waals surface area contributed by atoms with Crippen molar-refractivity contribution in [3.05, 3.63) is 35.9 Å². The number of hydrogen-bond acceptors (Lipinski definition) is 4. The van der Waals surface area contributed by atoms with Crippen molar-refractivity contribution < 1.29 is 19.1 Å². The van der Waals surface area contributed by atoms with E-state index < -0.39 is 0 Å². The quantitative estimate of drug-likeness (QED) is 0.165. The zero-order valence-corrected chi connectivity index (χ0v) is 25.1. The van der Waals surface area contributed by atoms with Crippen LogP contribution in [0.15, 0.2) is 30.3 Å². The van der Waals surface area contributed by atoms with Crippen molar-refractivity contribution in [2.75, 3.05) is 0 Å². The van der Waals surface area contributed by atoms with Gasteiger partial charge >= 0.3 is 11.9 Å². The van der Waals surface area contributed by atoms with Crippen LogP contribution in [0.4, 0.5) is 0 Å².